The predicted octanol–water partition coefficient (Wildman–Crippen LogP) is 1.35. The third kappa shape index (κ3) is 4.54. The third-order valence-electron chi connectivity index (χ3n) is 3.20. The number of carbonyl (C=O) groups is 1. The van der Waals surface area contributed by atoms with E-state index in [0.29, 0.717) is 18.8 Å². The fraction of sp³-hybridized carbons (Fsp3) is 0.500. The Balaban J connectivity index is 1.70. The molecule has 0 bridgehead atoms. The summed E-state index contributed by atoms with van der Waals surface area (Å²) in [6, 6.07) is 3.55. The molecular formula is C14H18F2N2O2. The molecule has 1 heterocycles. The van der Waals surface area contributed by atoms with Gasteiger partial charge in [-0.25, -0.2) is 8.78 Å². The van der Waals surface area contributed by atoms with Crippen LogP contribution >= 0.6 is 0 Å². The average Bonchev–Trinajstić information content (AvgIpc) is 2.42. The molecular weight excluding hydrogens is 266 g/mol. The molecule has 1 amide bonds. The first-order valence-electron chi connectivity index (χ1n) is 6.67. The zero-order valence-electron chi connectivity index (χ0n) is 11.1. The second kappa shape index (κ2) is 7.31. The summed E-state index contributed by atoms with van der Waals surface area (Å²) in [7, 11) is 0. The van der Waals surface area contributed by atoms with E-state index in [9.17, 15) is 13.6 Å². The van der Waals surface area contributed by atoms with Gasteiger partial charge in [-0.3, -0.25) is 4.79 Å². The Bertz CT molecular complexity index is 462. The highest BCUT2D eigenvalue weighted by Crippen LogP contribution is 2.09. The Labute approximate surface area is 116 Å². The van der Waals surface area contributed by atoms with Crippen LogP contribution in [-0.2, 0) is 16.1 Å². The smallest absolute Gasteiger partial charge is 0.234 e. The molecule has 4 nitrogen and oxygen atoms in total. The maximum absolute atomic E-state index is 13.4. The van der Waals surface area contributed by atoms with Crippen molar-refractivity contribution in [2.45, 2.75) is 25.4 Å². The van der Waals surface area contributed by atoms with Crippen molar-refractivity contribution in [3.63, 3.8) is 0 Å². The van der Waals surface area contributed by atoms with Gasteiger partial charge in [0.25, 0.3) is 0 Å². The molecule has 1 aromatic rings. The number of halogens is 2. The monoisotopic (exact) mass is 284 g/mol. The summed E-state index contributed by atoms with van der Waals surface area (Å²) in [5, 5.41) is 5.74. The van der Waals surface area contributed by atoms with Gasteiger partial charge in [-0.15, -0.1) is 0 Å². The Hall–Kier alpha value is -1.53. The van der Waals surface area contributed by atoms with Crippen LogP contribution in [0.25, 0.3) is 0 Å². The molecule has 20 heavy (non-hydrogen) atoms. The van der Waals surface area contributed by atoms with Gasteiger partial charge >= 0.3 is 0 Å². The number of nitrogens with one attached hydrogen (secondary N) is 2. The van der Waals surface area contributed by atoms with Crippen LogP contribution < -0.4 is 10.6 Å². The Kier molecular flexibility index (Phi) is 5.43. The number of hydrogen-bond acceptors (Lipinski definition) is 3. The van der Waals surface area contributed by atoms with Crippen molar-refractivity contribution in [3.8, 4) is 0 Å². The average molecular weight is 284 g/mol. The first-order valence-corrected chi connectivity index (χ1v) is 6.67. The van der Waals surface area contributed by atoms with Crippen molar-refractivity contribution in [2.24, 2.45) is 0 Å². The summed E-state index contributed by atoms with van der Waals surface area (Å²) < 4.78 is 31.3. The van der Waals surface area contributed by atoms with E-state index in [2.05, 4.69) is 10.6 Å². The Morgan fingerprint density at radius 1 is 1.30 bits per heavy atom. The molecule has 1 saturated heterocycles. The van der Waals surface area contributed by atoms with Crippen LogP contribution in [0.1, 0.15) is 18.4 Å². The van der Waals surface area contributed by atoms with Crippen LogP contribution in [0.2, 0.25) is 0 Å². The predicted molar refractivity (Wildman–Crippen MR) is 70.0 cm³/mol. The van der Waals surface area contributed by atoms with E-state index in [1.807, 2.05) is 0 Å². The van der Waals surface area contributed by atoms with Crippen LogP contribution in [0.4, 0.5) is 8.78 Å². The zero-order valence-corrected chi connectivity index (χ0v) is 11.1. The van der Waals surface area contributed by atoms with Gasteiger partial charge in [0.05, 0.1) is 6.54 Å². The highest BCUT2D eigenvalue weighted by molar-refractivity contribution is 5.78. The first kappa shape index (κ1) is 14.9. The molecule has 1 aromatic carbocycles. The minimum atomic E-state index is -0.609. The van der Waals surface area contributed by atoms with E-state index in [0.717, 1.165) is 18.9 Å². The fourth-order valence-electron chi connectivity index (χ4n) is 2.10. The summed E-state index contributed by atoms with van der Waals surface area (Å²) in [4.78, 5) is 11.7. The van der Waals surface area contributed by atoms with Crippen LogP contribution in [0.3, 0.4) is 0 Å². The van der Waals surface area contributed by atoms with Crippen molar-refractivity contribution in [2.75, 3.05) is 19.8 Å². The summed E-state index contributed by atoms with van der Waals surface area (Å²) in [6.07, 6.45) is 1.64. The van der Waals surface area contributed by atoms with Crippen molar-refractivity contribution >= 4 is 5.91 Å². The normalized spacial score (nSPS) is 16.1. The lowest BCUT2D eigenvalue weighted by atomic mass is 10.1. The lowest BCUT2D eigenvalue weighted by molar-refractivity contribution is -0.121. The van der Waals surface area contributed by atoms with Crippen LogP contribution in [-0.4, -0.2) is 31.7 Å². The molecule has 1 aliphatic heterocycles. The SMILES string of the molecule is O=C(CNCc1ccc(F)cc1F)NC1CCOCC1. The molecule has 2 rings (SSSR count). The zero-order chi connectivity index (χ0) is 14.4. The summed E-state index contributed by atoms with van der Waals surface area (Å²) in [5.74, 6) is -1.34. The van der Waals surface area contributed by atoms with E-state index < -0.39 is 11.6 Å². The number of hydrogen-bond donors (Lipinski definition) is 2. The van der Waals surface area contributed by atoms with E-state index >= 15 is 0 Å². The number of benzene rings is 1. The van der Waals surface area contributed by atoms with Gasteiger partial charge in [0.15, 0.2) is 0 Å². The van der Waals surface area contributed by atoms with Gasteiger partial charge < -0.3 is 15.4 Å². The number of ether oxygens (including phenoxy) is 1. The van der Waals surface area contributed by atoms with Crippen molar-refractivity contribution in [3.05, 3.63) is 35.4 Å². The molecule has 1 fully saturated rings. The third-order valence-corrected chi connectivity index (χ3v) is 3.20. The number of amides is 1. The maximum Gasteiger partial charge on any atom is 0.234 e. The summed E-state index contributed by atoms with van der Waals surface area (Å²) >= 11 is 0. The molecule has 2 N–H and O–H groups in total. The number of rotatable bonds is 5. The van der Waals surface area contributed by atoms with Crippen molar-refractivity contribution < 1.29 is 18.3 Å². The molecule has 6 heteroatoms. The summed E-state index contributed by atoms with van der Waals surface area (Å²) in [5.41, 5.74) is 0.338. The van der Waals surface area contributed by atoms with Gasteiger partial charge in [0.2, 0.25) is 5.91 Å². The molecule has 1 aliphatic rings. The minimum Gasteiger partial charge on any atom is -0.381 e. The van der Waals surface area contributed by atoms with Gasteiger partial charge in [-0.1, -0.05) is 6.07 Å². The first-order chi connectivity index (χ1) is 9.65. The van der Waals surface area contributed by atoms with E-state index in [4.69, 9.17) is 4.74 Å². The standard InChI is InChI=1S/C14H18F2N2O2/c15-11-2-1-10(13(16)7-11)8-17-9-14(19)18-12-3-5-20-6-4-12/h1-2,7,12,17H,3-6,8-9H2,(H,18,19). The largest absolute Gasteiger partial charge is 0.381 e. The second-order valence-electron chi connectivity index (χ2n) is 4.79. The number of carbonyl (C=O) groups excluding carboxylic acids is 1. The maximum atomic E-state index is 13.4. The van der Waals surface area contributed by atoms with E-state index in [1.54, 1.807) is 0 Å². The van der Waals surface area contributed by atoms with Gasteiger partial charge in [-0.05, 0) is 18.9 Å². The molecule has 0 unspecified atom stereocenters. The Morgan fingerprint density at radius 3 is 2.75 bits per heavy atom. The quantitative estimate of drug-likeness (QED) is 0.858. The van der Waals surface area contributed by atoms with Crippen LogP contribution in [0.15, 0.2) is 18.2 Å². The molecule has 0 saturated carbocycles. The van der Waals surface area contributed by atoms with Crippen LogP contribution in [0.5, 0.6) is 0 Å². The highest BCUT2D eigenvalue weighted by Gasteiger charge is 2.15. The molecule has 0 aromatic heterocycles. The Morgan fingerprint density at radius 2 is 2.05 bits per heavy atom. The molecule has 0 aliphatic carbocycles. The van der Waals surface area contributed by atoms with E-state index in [-0.39, 0.29) is 25.0 Å². The topological polar surface area (TPSA) is 50.4 Å². The van der Waals surface area contributed by atoms with Gasteiger partial charge in [0, 0.05) is 37.4 Å². The van der Waals surface area contributed by atoms with Gasteiger partial charge in [-0.2, -0.15) is 0 Å². The van der Waals surface area contributed by atoms with Crippen LogP contribution in [0, 0.1) is 11.6 Å². The molecule has 110 valence electrons. The fourth-order valence-corrected chi connectivity index (χ4v) is 2.10. The molecule has 0 atom stereocenters. The summed E-state index contributed by atoms with van der Waals surface area (Å²) in [6.45, 7) is 1.62. The van der Waals surface area contributed by atoms with Gasteiger partial charge in [0.1, 0.15) is 11.6 Å². The molecule has 0 spiro atoms. The second-order valence-corrected chi connectivity index (χ2v) is 4.79. The van der Waals surface area contributed by atoms with E-state index in [1.165, 1.54) is 12.1 Å². The highest BCUT2D eigenvalue weighted by atomic mass is 19.1. The molecule has 0 radical (unpaired) electrons. The van der Waals surface area contributed by atoms with Crippen molar-refractivity contribution in [1.82, 2.24) is 10.6 Å². The lowest BCUT2D eigenvalue weighted by Gasteiger charge is -2.23. The lowest BCUT2D eigenvalue weighted by Crippen LogP contribution is -2.42. The van der Waals surface area contributed by atoms with Crippen molar-refractivity contribution in [1.29, 1.82) is 0 Å². The minimum absolute atomic E-state index is 0.105.